The molecule has 0 N–H and O–H groups in total. The number of halogens is 13. The molecule has 9 aromatic rings. The van der Waals surface area contributed by atoms with Crippen molar-refractivity contribution in [3.05, 3.63) is 254 Å². The third-order valence-corrected chi connectivity index (χ3v) is 33.2. The van der Waals surface area contributed by atoms with Crippen molar-refractivity contribution in [1.82, 2.24) is 0 Å². The van der Waals surface area contributed by atoms with Crippen molar-refractivity contribution in [2.75, 3.05) is 44.2 Å². The van der Waals surface area contributed by atoms with Gasteiger partial charge in [0.15, 0.2) is 54.5 Å². The standard InChI is InChI=1S/2C18H15S.C17H21O2S.C15H18F6O5S.C13H13F5O5S.C13H18F2O5S/c2*1-4-10-16(11-5-1)19(17-12-6-2-7-13-17)18-14-8-3-9-15-18;1-18-10-11-19-16-8-9-17(20-12-4-5-13-20)15-7-3-2-6-14(15)16;16-14(17,18)13(15(19,20)21,7-27(23,24)25)26-11(22)12-4-8-1-9(5-12)3-10(2-8)6-12;14-12(15,16)11(13(17,18)24(20,21)22)23-10(19)8-4-7-9-5-2-1-3-6-9;14-13(15,21(17,18)19)11(16)20-7-12-4-8-1-9(5-12)3-10(2-8)6-12/h2*1-15H;2-3,6-9H,4-5,10-13H2,1H3;8-10H,1-7H2,(H,23,24,25);1-3,5-6,11H,4,7-8H2,(H,20,21,22);8-10H,1-7H2,(H,17,18,19)/q3*+1;;;/p-3. The highest BCUT2D eigenvalue weighted by molar-refractivity contribution is 7.97. The summed E-state index contributed by atoms with van der Waals surface area (Å²) in [5.74, 6) is -3.15. The number of fused-ring (bicyclic) bond motifs is 1. The van der Waals surface area contributed by atoms with Crippen LogP contribution in [0.4, 0.5) is 57.1 Å². The zero-order chi connectivity index (χ0) is 94.1. The van der Waals surface area contributed by atoms with Gasteiger partial charge in [-0.05, 0) is 235 Å². The molecular weight excluding hydrogens is 1840 g/mol. The number of methoxy groups -OCH3 is 1. The SMILES string of the molecule is COCCOc1ccc([S+]2CCCC2)c2ccccc12.O=C(CCCc1ccccc1)OC(C(F)(F)F)C(F)(F)S(=O)(=O)[O-].O=C(OC(CS(=O)(=O)[O-])(C(F)(F)F)C(F)(F)F)C12CC3CC(CC(C3)C1)C2.O=C(OCC12CC3CC(CC(C3)C1)C2)C(F)(F)S(=O)(=O)[O-].c1ccc([S+](c2ccccc2)c2ccccc2)cc1.c1ccc([S+](c2ccccc2)c2ccccc2)cc1. The molecule has 1 heterocycles. The monoisotopic (exact) mass is 1940 g/mol. The Balaban J connectivity index is 0.000000151. The molecule has 0 radical (unpaired) electrons. The summed E-state index contributed by atoms with van der Waals surface area (Å²) in [5, 5.41) is -8.22. The molecule has 1 saturated heterocycles. The van der Waals surface area contributed by atoms with Crippen LogP contribution in [0, 0.1) is 46.3 Å². The van der Waals surface area contributed by atoms with Crippen molar-refractivity contribution in [1.29, 1.82) is 0 Å². The Morgan fingerprint density at radius 2 is 0.823 bits per heavy atom. The lowest BCUT2D eigenvalue weighted by Crippen LogP contribution is -2.65. The Kier molecular flexibility index (Phi) is 34.1. The van der Waals surface area contributed by atoms with Crippen molar-refractivity contribution < 1.29 is 134 Å². The molecule has 0 aromatic heterocycles. The summed E-state index contributed by atoms with van der Waals surface area (Å²) < 4.78 is 288. The number of carbonyl (C=O) groups excluding carboxylic acids is 3. The predicted molar refractivity (Wildman–Crippen MR) is 461 cm³/mol. The lowest BCUT2D eigenvalue weighted by Gasteiger charge is -2.56. The highest BCUT2D eigenvalue weighted by Gasteiger charge is 2.76. The second kappa shape index (κ2) is 43.5. The minimum absolute atomic E-state index is 0.0108. The molecule has 9 aromatic carbocycles. The smallest absolute Gasteiger partial charge is 0.438 e. The third-order valence-electron chi connectivity index (χ3n) is 23.7. The van der Waals surface area contributed by atoms with Gasteiger partial charge in [-0.3, -0.25) is 9.59 Å². The Hall–Kier alpha value is -8.72. The first-order chi connectivity index (χ1) is 61.3. The maximum atomic E-state index is 13.3. The Labute approximate surface area is 755 Å². The topological polar surface area (TPSA) is 269 Å². The summed E-state index contributed by atoms with van der Waals surface area (Å²) in [6, 6.07) is 85.8. The summed E-state index contributed by atoms with van der Waals surface area (Å²) in [5.41, 5.74) is -6.40. The van der Waals surface area contributed by atoms with Crippen molar-refractivity contribution in [3.8, 4) is 5.75 Å². The van der Waals surface area contributed by atoms with Gasteiger partial charge in [-0.15, -0.1) is 0 Å². The summed E-state index contributed by atoms with van der Waals surface area (Å²) in [6.07, 6.45) is -11.9. The first kappa shape index (κ1) is 102. The number of rotatable bonds is 26. The normalized spacial score (nSPS) is 21.4. The van der Waals surface area contributed by atoms with Gasteiger partial charge in [0.1, 0.15) is 23.9 Å². The Bertz CT molecular complexity index is 5150. The lowest BCUT2D eigenvalue weighted by molar-refractivity contribution is -0.364. The number of ether oxygens (including phenoxy) is 5. The number of benzene rings is 9. The van der Waals surface area contributed by atoms with E-state index in [2.05, 4.69) is 233 Å². The van der Waals surface area contributed by atoms with Gasteiger partial charge in [-0.25, -0.2) is 30.0 Å². The van der Waals surface area contributed by atoms with Gasteiger partial charge in [0.2, 0.25) is 0 Å². The van der Waals surface area contributed by atoms with Crippen LogP contribution in [0.5, 0.6) is 5.75 Å². The molecule has 130 heavy (non-hydrogen) atoms. The van der Waals surface area contributed by atoms with Crippen LogP contribution in [-0.4, -0.2) is 142 Å². The van der Waals surface area contributed by atoms with Gasteiger partial charge in [0.25, 0.3) is 6.10 Å². The quantitative estimate of drug-likeness (QED) is 0.0122. The first-order valence-corrected chi connectivity index (χ1v) is 50.3. The van der Waals surface area contributed by atoms with Gasteiger partial charge in [-0.1, -0.05) is 158 Å². The maximum absolute atomic E-state index is 13.3. The minimum atomic E-state index is -6.67. The second-order valence-corrected chi connectivity index (χ2v) is 44.0. The molecule has 0 amide bonds. The average molecular weight is 1940 g/mol. The largest absolute Gasteiger partial charge is 0.748 e. The Morgan fingerprint density at radius 1 is 0.462 bits per heavy atom. The Morgan fingerprint density at radius 3 is 1.17 bits per heavy atom. The van der Waals surface area contributed by atoms with Crippen LogP contribution in [-0.2, 0) is 103 Å². The molecule has 8 saturated carbocycles. The molecule has 0 spiro atoms. The molecule has 702 valence electrons. The lowest BCUT2D eigenvalue weighted by atomic mass is 9.49. The van der Waals surface area contributed by atoms with E-state index in [9.17, 15) is 110 Å². The number of hydrogen-bond acceptors (Lipinski definition) is 17. The van der Waals surface area contributed by atoms with Crippen LogP contribution in [0.3, 0.4) is 0 Å². The number of carbonyl (C=O) groups is 3. The molecule has 8 bridgehead atoms. The number of esters is 3. The molecule has 9 fully saturated rings. The van der Waals surface area contributed by atoms with Crippen LogP contribution < -0.4 is 4.74 Å². The van der Waals surface area contributed by atoms with Crippen LogP contribution in [0.25, 0.3) is 10.8 Å². The molecule has 17 nitrogen and oxygen atoms in total. The zero-order valence-corrected chi connectivity index (χ0v) is 75.2. The average Bonchev–Trinajstić information content (AvgIpc) is 0.734. The fourth-order valence-corrected chi connectivity index (χ4v) is 27.1. The van der Waals surface area contributed by atoms with E-state index >= 15 is 0 Å². The van der Waals surface area contributed by atoms with Crippen molar-refractivity contribution in [2.24, 2.45) is 46.3 Å². The van der Waals surface area contributed by atoms with E-state index in [1.165, 1.54) is 69.4 Å². The predicted octanol–water partition coefficient (Wildman–Crippen LogP) is 20.9. The first-order valence-electron chi connectivity index (χ1n) is 41.9. The van der Waals surface area contributed by atoms with Crippen LogP contribution in [0.2, 0.25) is 0 Å². The molecule has 36 heteroatoms. The maximum Gasteiger partial charge on any atom is 0.438 e. The zero-order valence-electron chi connectivity index (χ0n) is 70.3. The number of aryl methyl sites for hydroxylation is 1. The van der Waals surface area contributed by atoms with Gasteiger partial charge in [0.05, 0.1) is 56.3 Å². The number of hydrogen-bond donors (Lipinski definition) is 0. The fraction of sp³-hybridized carbons (Fsp3) is 0.415. The summed E-state index contributed by atoms with van der Waals surface area (Å²) in [4.78, 5) is 44.8. The van der Waals surface area contributed by atoms with Crippen LogP contribution in [0.15, 0.2) is 283 Å². The number of alkyl halides is 13. The van der Waals surface area contributed by atoms with E-state index in [1.54, 1.807) is 37.4 Å². The van der Waals surface area contributed by atoms with Crippen molar-refractivity contribution in [2.45, 2.75) is 184 Å². The molecular formula is C94H97F13O17S6. The van der Waals surface area contributed by atoms with Gasteiger partial charge in [-0.2, -0.15) is 57.1 Å². The summed E-state index contributed by atoms with van der Waals surface area (Å²) >= 11 is 0. The van der Waals surface area contributed by atoms with E-state index in [4.69, 9.17) is 9.47 Å². The fourth-order valence-electron chi connectivity index (χ4n) is 18.8. The van der Waals surface area contributed by atoms with Gasteiger partial charge < -0.3 is 37.3 Å². The molecule has 1 unspecified atom stereocenters. The molecule has 8 aliphatic carbocycles. The van der Waals surface area contributed by atoms with Gasteiger partial charge in [0, 0.05) is 40.6 Å². The highest BCUT2D eigenvalue weighted by atomic mass is 32.2. The van der Waals surface area contributed by atoms with Crippen LogP contribution >= 0.6 is 0 Å². The summed E-state index contributed by atoms with van der Waals surface area (Å²) in [7, 11) is -16.6. The summed E-state index contributed by atoms with van der Waals surface area (Å²) in [6.45, 7) is 1.02. The third kappa shape index (κ3) is 26.2. The van der Waals surface area contributed by atoms with Gasteiger partial charge >= 0.3 is 52.5 Å². The van der Waals surface area contributed by atoms with E-state index in [0.717, 1.165) is 69.1 Å². The van der Waals surface area contributed by atoms with Crippen LogP contribution in [0.1, 0.15) is 108 Å². The highest BCUT2D eigenvalue weighted by Crippen LogP contribution is 2.63. The van der Waals surface area contributed by atoms with E-state index in [0.29, 0.717) is 41.9 Å². The van der Waals surface area contributed by atoms with E-state index in [1.807, 2.05) is 0 Å². The second-order valence-electron chi connectivity index (χ2n) is 33.4. The van der Waals surface area contributed by atoms with E-state index < -0.39 is 107 Å². The molecule has 1 atom stereocenters. The van der Waals surface area contributed by atoms with Crippen molar-refractivity contribution >= 4 is 91.7 Å². The van der Waals surface area contributed by atoms with Crippen molar-refractivity contribution in [3.63, 3.8) is 0 Å². The van der Waals surface area contributed by atoms with E-state index in [-0.39, 0.29) is 83.7 Å². The molecule has 9 aliphatic rings. The molecule has 1 aliphatic heterocycles. The molecule has 18 rings (SSSR count). The minimum Gasteiger partial charge on any atom is -0.748 e.